The molecule has 168 valence electrons. The second-order valence-electron chi connectivity index (χ2n) is 8.22. The van der Waals surface area contributed by atoms with Crippen LogP contribution in [0.15, 0.2) is 24.3 Å². The molecule has 0 aliphatic carbocycles. The van der Waals surface area contributed by atoms with Gasteiger partial charge in [-0.1, -0.05) is 109 Å². The molecule has 0 unspecified atom stereocenters. The summed E-state index contributed by atoms with van der Waals surface area (Å²) in [5, 5.41) is 3.56. The molecule has 0 heterocycles. The van der Waals surface area contributed by atoms with E-state index in [2.05, 4.69) is 24.4 Å². The van der Waals surface area contributed by atoms with Crippen LogP contribution >= 0.6 is 0 Å². The molecule has 0 saturated carbocycles. The maximum Gasteiger partial charge on any atom is 0.123 e. The van der Waals surface area contributed by atoms with Crippen molar-refractivity contribution in [3.05, 3.63) is 29.8 Å². The van der Waals surface area contributed by atoms with Crippen LogP contribution < -0.4 is 10.1 Å². The van der Waals surface area contributed by atoms with E-state index in [1.165, 1.54) is 95.5 Å². The lowest BCUT2D eigenvalue weighted by molar-refractivity contribution is 0.145. The summed E-state index contributed by atoms with van der Waals surface area (Å²) in [7, 11) is 1.70. The van der Waals surface area contributed by atoms with Crippen molar-refractivity contribution in [1.29, 1.82) is 0 Å². The first kappa shape index (κ1) is 26.0. The molecule has 1 N–H and O–H groups in total. The zero-order valence-corrected chi connectivity index (χ0v) is 19.4. The Labute approximate surface area is 181 Å². The van der Waals surface area contributed by atoms with Gasteiger partial charge >= 0.3 is 0 Å². The summed E-state index contributed by atoms with van der Waals surface area (Å²) in [5.41, 5.74) is 1.23. The van der Waals surface area contributed by atoms with Crippen LogP contribution in [-0.2, 0) is 11.3 Å². The van der Waals surface area contributed by atoms with Gasteiger partial charge in [0.2, 0.25) is 0 Å². The van der Waals surface area contributed by atoms with Gasteiger partial charge in [0.25, 0.3) is 0 Å². The van der Waals surface area contributed by atoms with Gasteiger partial charge in [0.15, 0.2) is 0 Å². The van der Waals surface area contributed by atoms with E-state index in [1.54, 1.807) is 7.11 Å². The number of hydrogen-bond donors (Lipinski definition) is 1. The molecule has 1 aromatic rings. The van der Waals surface area contributed by atoms with E-state index >= 15 is 0 Å². The molecule has 0 aliphatic rings. The molecule has 1 aromatic carbocycles. The summed E-state index contributed by atoms with van der Waals surface area (Å²) in [4.78, 5) is 0. The topological polar surface area (TPSA) is 30.5 Å². The van der Waals surface area contributed by atoms with E-state index in [0.717, 1.165) is 18.8 Å². The van der Waals surface area contributed by atoms with Crippen LogP contribution in [0.25, 0.3) is 0 Å². The van der Waals surface area contributed by atoms with Crippen molar-refractivity contribution < 1.29 is 9.47 Å². The van der Waals surface area contributed by atoms with Crippen LogP contribution in [0.4, 0.5) is 0 Å². The number of methoxy groups -OCH3 is 1. The van der Waals surface area contributed by atoms with Crippen molar-refractivity contribution in [1.82, 2.24) is 5.32 Å². The van der Waals surface area contributed by atoms with Crippen LogP contribution in [0.2, 0.25) is 0 Å². The lowest BCUT2D eigenvalue weighted by atomic mass is 10.0. The summed E-state index contributed by atoms with van der Waals surface area (Å²) in [6.45, 7) is 5.48. The molecule has 0 bridgehead atoms. The minimum absolute atomic E-state index is 0.604. The first-order chi connectivity index (χ1) is 14.4. The number of unbranched alkanes of at least 4 members (excludes halogenated alkanes) is 13. The second kappa shape index (κ2) is 20.2. The molecule has 0 spiro atoms. The fourth-order valence-electron chi connectivity index (χ4n) is 3.69. The molecule has 0 aromatic heterocycles. The average Bonchev–Trinajstić information content (AvgIpc) is 2.74. The zero-order valence-electron chi connectivity index (χ0n) is 19.4. The number of benzene rings is 1. The second-order valence-corrected chi connectivity index (χ2v) is 8.22. The molecule has 0 radical (unpaired) electrons. The standard InChI is InChI=1S/C26H47NO2/c1-3-4-5-6-7-8-9-10-11-12-13-14-15-18-21-27-24-25-19-16-17-20-26(25)29-23-22-28-2/h16-17,19-20,27H,3-15,18,21-24H2,1-2H3. The lowest BCUT2D eigenvalue weighted by Crippen LogP contribution is -2.16. The Balaban J connectivity index is 1.88. The summed E-state index contributed by atoms with van der Waals surface area (Å²) in [6.07, 6.45) is 19.8. The van der Waals surface area contributed by atoms with E-state index in [4.69, 9.17) is 9.47 Å². The lowest BCUT2D eigenvalue weighted by Gasteiger charge is -2.12. The van der Waals surface area contributed by atoms with Crippen molar-refractivity contribution in [2.75, 3.05) is 26.9 Å². The highest BCUT2D eigenvalue weighted by atomic mass is 16.5. The van der Waals surface area contributed by atoms with E-state index in [9.17, 15) is 0 Å². The summed E-state index contributed by atoms with van der Waals surface area (Å²) in [5.74, 6) is 0.970. The number of ether oxygens (including phenoxy) is 2. The van der Waals surface area contributed by atoms with Crippen LogP contribution in [0.1, 0.15) is 102 Å². The van der Waals surface area contributed by atoms with Gasteiger partial charge in [-0.05, 0) is 19.0 Å². The molecule has 3 heteroatoms. The first-order valence-electron chi connectivity index (χ1n) is 12.3. The van der Waals surface area contributed by atoms with Gasteiger partial charge < -0.3 is 14.8 Å². The van der Waals surface area contributed by atoms with Gasteiger partial charge in [-0.15, -0.1) is 0 Å². The highest BCUT2D eigenvalue weighted by molar-refractivity contribution is 5.33. The maximum atomic E-state index is 5.79. The zero-order chi connectivity index (χ0) is 20.8. The van der Waals surface area contributed by atoms with Gasteiger partial charge in [0.05, 0.1) is 6.61 Å². The Bertz CT molecular complexity index is 464. The Hall–Kier alpha value is -1.06. The summed E-state index contributed by atoms with van der Waals surface area (Å²) < 4.78 is 10.8. The normalized spacial score (nSPS) is 11.1. The Morgan fingerprint density at radius 2 is 1.24 bits per heavy atom. The molecule has 3 nitrogen and oxygen atoms in total. The number of rotatable bonds is 21. The SMILES string of the molecule is CCCCCCCCCCCCCCCCNCc1ccccc1OCCOC. The number of nitrogens with one attached hydrogen (secondary N) is 1. The van der Waals surface area contributed by atoms with Crippen molar-refractivity contribution in [2.24, 2.45) is 0 Å². The average molecular weight is 406 g/mol. The molecule has 0 atom stereocenters. The fourth-order valence-corrected chi connectivity index (χ4v) is 3.69. The highest BCUT2D eigenvalue weighted by Gasteiger charge is 2.02. The third kappa shape index (κ3) is 15.4. The minimum atomic E-state index is 0.604. The van der Waals surface area contributed by atoms with Crippen molar-refractivity contribution in [2.45, 2.75) is 103 Å². The smallest absolute Gasteiger partial charge is 0.123 e. The van der Waals surface area contributed by atoms with Gasteiger partial charge in [-0.2, -0.15) is 0 Å². The third-order valence-corrected chi connectivity index (χ3v) is 5.54. The molecule has 0 saturated heterocycles. The molecule has 0 fully saturated rings. The third-order valence-electron chi connectivity index (χ3n) is 5.54. The largest absolute Gasteiger partial charge is 0.491 e. The minimum Gasteiger partial charge on any atom is -0.491 e. The van der Waals surface area contributed by atoms with Crippen LogP contribution in [0, 0.1) is 0 Å². The van der Waals surface area contributed by atoms with E-state index in [0.29, 0.717) is 13.2 Å². The van der Waals surface area contributed by atoms with Crippen LogP contribution in [0.3, 0.4) is 0 Å². The van der Waals surface area contributed by atoms with Gasteiger partial charge in [0, 0.05) is 19.2 Å². The first-order valence-corrected chi connectivity index (χ1v) is 12.3. The van der Waals surface area contributed by atoms with Crippen molar-refractivity contribution in [3.8, 4) is 5.75 Å². The predicted octanol–water partition coefficient (Wildman–Crippen LogP) is 7.28. The van der Waals surface area contributed by atoms with Gasteiger partial charge in [-0.3, -0.25) is 0 Å². The molecule has 0 aliphatic heterocycles. The summed E-state index contributed by atoms with van der Waals surface area (Å²) in [6, 6.07) is 8.28. The molecule has 0 amide bonds. The molecular weight excluding hydrogens is 358 g/mol. The Morgan fingerprint density at radius 3 is 1.83 bits per heavy atom. The van der Waals surface area contributed by atoms with Crippen LogP contribution in [-0.4, -0.2) is 26.9 Å². The predicted molar refractivity (Wildman–Crippen MR) is 126 cm³/mol. The number of para-hydroxylation sites is 1. The van der Waals surface area contributed by atoms with E-state index in [-0.39, 0.29) is 0 Å². The Morgan fingerprint density at radius 1 is 0.690 bits per heavy atom. The van der Waals surface area contributed by atoms with Gasteiger partial charge in [-0.25, -0.2) is 0 Å². The molecule has 1 rings (SSSR count). The fraction of sp³-hybridized carbons (Fsp3) is 0.769. The summed E-state index contributed by atoms with van der Waals surface area (Å²) >= 11 is 0. The monoisotopic (exact) mass is 405 g/mol. The van der Waals surface area contributed by atoms with Crippen LogP contribution in [0.5, 0.6) is 5.75 Å². The molecular formula is C26H47NO2. The maximum absolute atomic E-state index is 5.79. The Kier molecular flexibility index (Phi) is 18.1. The van der Waals surface area contributed by atoms with E-state index < -0.39 is 0 Å². The van der Waals surface area contributed by atoms with Crippen molar-refractivity contribution >= 4 is 0 Å². The highest BCUT2D eigenvalue weighted by Crippen LogP contribution is 2.17. The quantitative estimate of drug-likeness (QED) is 0.218. The molecule has 29 heavy (non-hydrogen) atoms. The number of hydrogen-bond acceptors (Lipinski definition) is 3. The van der Waals surface area contributed by atoms with Gasteiger partial charge in [0.1, 0.15) is 12.4 Å². The van der Waals surface area contributed by atoms with Crippen molar-refractivity contribution in [3.63, 3.8) is 0 Å². The van der Waals surface area contributed by atoms with E-state index in [1.807, 2.05) is 12.1 Å².